The van der Waals surface area contributed by atoms with E-state index >= 15 is 0 Å². The Balaban J connectivity index is 2.19. The van der Waals surface area contributed by atoms with E-state index in [9.17, 15) is 0 Å². The number of aryl methyl sites for hydroxylation is 1. The molecule has 2 rings (SSSR count). The van der Waals surface area contributed by atoms with Crippen LogP contribution in [0.5, 0.6) is 11.5 Å². The fraction of sp³-hybridized carbons (Fsp3) is 0.143. The average Bonchev–Trinajstić information content (AvgIpc) is 2.42. The normalized spacial score (nSPS) is 13.6. The zero-order valence-electron chi connectivity index (χ0n) is 10.8. The van der Waals surface area contributed by atoms with Crippen LogP contribution in [0.4, 0.5) is 0 Å². The van der Waals surface area contributed by atoms with E-state index in [0.717, 1.165) is 5.56 Å². The Kier molecular flexibility index (Phi) is 4.59. The number of hydrogen-bond acceptors (Lipinski definition) is 4. The zero-order valence-corrected chi connectivity index (χ0v) is 12.5. The van der Waals surface area contributed by atoms with E-state index in [1.165, 1.54) is 7.11 Å². The monoisotopic (exact) mass is 294 g/mol. The van der Waals surface area contributed by atoms with Crippen LogP contribution in [0.25, 0.3) is 0 Å². The van der Waals surface area contributed by atoms with Crippen molar-refractivity contribution in [1.29, 1.82) is 0 Å². The summed E-state index contributed by atoms with van der Waals surface area (Å²) in [5.74, 6) is 1.32. The van der Waals surface area contributed by atoms with Crippen LogP contribution in [-0.4, -0.2) is 7.11 Å². The van der Waals surface area contributed by atoms with Crippen molar-refractivity contribution in [3.63, 3.8) is 0 Å². The van der Waals surface area contributed by atoms with Gasteiger partial charge >= 0.3 is 6.72 Å². The lowest BCUT2D eigenvalue weighted by molar-refractivity contribution is 0.318. The predicted molar refractivity (Wildman–Crippen MR) is 80.2 cm³/mol. The van der Waals surface area contributed by atoms with Crippen LogP contribution in [0.1, 0.15) is 5.56 Å². The Labute approximate surface area is 118 Å². The minimum absolute atomic E-state index is 0.640. The summed E-state index contributed by atoms with van der Waals surface area (Å²) in [6, 6.07) is 16.9. The second kappa shape index (κ2) is 6.20. The van der Waals surface area contributed by atoms with Crippen LogP contribution < -0.4 is 9.05 Å². The predicted octanol–water partition coefficient (Wildman–Crippen LogP) is 4.32. The highest BCUT2D eigenvalue weighted by molar-refractivity contribution is 8.07. The molecule has 0 saturated heterocycles. The maximum Gasteiger partial charge on any atom is 0.434 e. The standard InChI is InChI=1S/C14H15O3PS/c1-12-8-6-7-11-14(12)17-18(19,15-2)16-13-9-4-3-5-10-13/h3-11H,1-2H3. The van der Waals surface area contributed by atoms with Crippen molar-refractivity contribution in [2.45, 2.75) is 6.92 Å². The summed E-state index contributed by atoms with van der Waals surface area (Å²) in [4.78, 5) is 0. The van der Waals surface area contributed by atoms with E-state index in [4.69, 9.17) is 25.4 Å². The molecule has 0 N–H and O–H groups in total. The smallest absolute Gasteiger partial charge is 0.416 e. The van der Waals surface area contributed by atoms with Gasteiger partial charge in [0.25, 0.3) is 0 Å². The summed E-state index contributed by atoms with van der Waals surface area (Å²) >= 11 is 5.37. The van der Waals surface area contributed by atoms with Crippen LogP contribution in [0, 0.1) is 6.92 Å². The lowest BCUT2D eigenvalue weighted by Gasteiger charge is -2.21. The van der Waals surface area contributed by atoms with Gasteiger partial charge in [0.2, 0.25) is 0 Å². The van der Waals surface area contributed by atoms with Crippen molar-refractivity contribution in [1.82, 2.24) is 0 Å². The Bertz CT molecular complexity index is 586. The van der Waals surface area contributed by atoms with Crippen LogP contribution in [-0.2, 0) is 16.3 Å². The fourth-order valence-electron chi connectivity index (χ4n) is 1.48. The van der Waals surface area contributed by atoms with E-state index in [1.54, 1.807) is 0 Å². The third-order valence-electron chi connectivity index (χ3n) is 2.49. The first-order chi connectivity index (χ1) is 9.13. The van der Waals surface area contributed by atoms with Gasteiger partial charge in [-0.1, -0.05) is 36.4 Å². The molecule has 0 amide bonds. The minimum Gasteiger partial charge on any atom is -0.416 e. The van der Waals surface area contributed by atoms with Crippen molar-refractivity contribution < 1.29 is 13.6 Å². The van der Waals surface area contributed by atoms with Crippen molar-refractivity contribution >= 4 is 18.5 Å². The molecule has 2 aromatic rings. The molecule has 0 heterocycles. The van der Waals surface area contributed by atoms with Gasteiger partial charge in [0.05, 0.1) is 0 Å². The lowest BCUT2D eigenvalue weighted by Crippen LogP contribution is -2.03. The van der Waals surface area contributed by atoms with Crippen molar-refractivity contribution in [3.05, 3.63) is 60.2 Å². The molecule has 100 valence electrons. The van der Waals surface area contributed by atoms with Crippen LogP contribution >= 0.6 is 6.72 Å². The highest BCUT2D eigenvalue weighted by atomic mass is 32.5. The molecule has 2 aromatic carbocycles. The Morgan fingerprint density at radius 2 is 1.53 bits per heavy atom. The van der Waals surface area contributed by atoms with Gasteiger partial charge in [0.15, 0.2) is 0 Å². The molecule has 0 aliphatic carbocycles. The number of hydrogen-bond donors (Lipinski definition) is 0. The van der Waals surface area contributed by atoms with Crippen LogP contribution in [0.2, 0.25) is 0 Å². The summed E-state index contributed by atoms with van der Waals surface area (Å²) in [6.07, 6.45) is 0. The molecular weight excluding hydrogens is 279 g/mol. The molecule has 19 heavy (non-hydrogen) atoms. The summed E-state index contributed by atoms with van der Waals surface area (Å²) in [5.41, 5.74) is 0.991. The first kappa shape index (κ1) is 14.1. The molecule has 0 aliphatic rings. The van der Waals surface area contributed by atoms with Gasteiger partial charge < -0.3 is 9.05 Å². The maximum absolute atomic E-state index is 5.77. The van der Waals surface area contributed by atoms with E-state index < -0.39 is 6.72 Å². The number of benzene rings is 2. The van der Waals surface area contributed by atoms with Crippen molar-refractivity contribution in [2.75, 3.05) is 7.11 Å². The Morgan fingerprint density at radius 3 is 2.16 bits per heavy atom. The van der Waals surface area contributed by atoms with Crippen molar-refractivity contribution in [3.8, 4) is 11.5 Å². The molecule has 5 heteroatoms. The van der Waals surface area contributed by atoms with Gasteiger partial charge in [0.1, 0.15) is 11.5 Å². The summed E-state index contributed by atoms with van der Waals surface area (Å²) in [7, 11) is 1.50. The van der Waals surface area contributed by atoms with Gasteiger partial charge in [-0.2, -0.15) is 0 Å². The lowest BCUT2D eigenvalue weighted by atomic mass is 10.2. The SMILES string of the molecule is COP(=S)(Oc1ccccc1)Oc1ccccc1C. The molecule has 0 bridgehead atoms. The molecule has 0 spiro atoms. The number of rotatable bonds is 5. The summed E-state index contributed by atoms with van der Waals surface area (Å²) in [5, 5.41) is 0. The van der Waals surface area contributed by atoms with Crippen LogP contribution in [0.3, 0.4) is 0 Å². The van der Waals surface area contributed by atoms with Gasteiger partial charge in [-0.15, -0.1) is 0 Å². The van der Waals surface area contributed by atoms with E-state index in [2.05, 4.69) is 0 Å². The average molecular weight is 294 g/mol. The van der Waals surface area contributed by atoms with E-state index in [-0.39, 0.29) is 0 Å². The van der Waals surface area contributed by atoms with Gasteiger partial charge in [-0.3, -0.25) is 4.52 Å². The molecule has 1 atom stereocenters. The van der Waals surface area contributed by atoms with Gasteiger partial charge in [-0.25, -0.2) is 0 Å². The molecule has 0 saturated carbocycles. The second-order valence-electron chi connectivity index (χ2n) is 3.89. The summed E-state index contributed by atoms with van der Waals surface area (Å²) < 4.78 is 16.7. The molecular formula is C14H15O3PS. The Morgan fingerprint density at radius 1 is 0.895 bits per heavy atom. The van der Waals surface area contributed by atoms with Gasteiger partial charge in [0, 0.05) is 18.9 Å². The fourth-order valence-corrected chi connectivity index (χ4v) is 2.99. The first-order valence-corrected chi connectivity index (χ1v) is 8.34. The largest absolute Gasteiger partial charge is 0.434 e. The highest BCUT2D eigenvalue weighted by Crippen LogP contribution is 2.49. The molecule has 3 nitrogen and oxygen atoms in total. The summed E-state index contributed by atoms with van der Waals surface area (Å²) in [6.45, 7) is -0.886. The quantitative estimate of drug-likeness (QED) is 0.767. The second-order valence-corrected chi connectivity index (χ2v) is 6.86. The topological polar surface area (TPSA) is 27.7 Å². The minimum atomic E-state index is -2.84. The van der Waals surface area contributed by atoms with Gasteiger partial charge in [-0.05, 0) is 30.7 Å². The Hall–Kier alpha value is -1.35. The van der Waals surface area contributed by atoms with Crippen LogP contribution in [0.15, 0.2) is 54.6 Å². The first-order valence-electron chi connectivity index (χ1n) is 5.78. The molecule has 0 radical (unpaired) electrons. The zero-order chi connectivity index (χ0) is 13.7. The maximum atomic E-state index is 5.77. The van der Waals surface area contributed by atoms with Crippen molar-refractivity contribution in [2.24, 2.45) is 0 Å². The molecule has 1 unspecified atom stereocenters. The third kappa shape index (κ3) is 3.80. The molecule has 0 fully saturated rings. The molecule has 0 aliphatic heterocycles. The third-order valence-corrected chi connectivity index (χ3v) is 4.68. The number of para-hydroxylation sites is 2. The highest BCUT2D eigenvalue weighted by Gasteiger charge is 2.23. The van der Waals surface area contributed by atoms with E-state index in [1.807, 2.05) is 61.5 Å². The molecule has 0 aromatic heterocycles. The van der Waals surface area contributed by atoms with E-state index in [0.29, 0.717) is 11.5 Å².